The van der Waals surface area contributed by atoms with E-state index in [-0.39, 0.29) is 5.69 Å². The van der Waals surface area contributed by atoms with Crippen molar-refractivity contribution in [1.82, 2.24) is 0 Å². The molecule has 0 fully saturated rings. The van der Waals surface area contributed by atoms with E-state index >= 15 is 0 Å². The molecular formula is C10H10F2N2. The second-order valence-electron chi connectivity index (χ2n) is 2.86. The third-order valence-corrected chi connectivity index (χ3v) is 1.82. The molecule has 0 saturated carbocycles. The summed E-state index contributed by atoms with van der Waals surface area (Å²) in [5, 5.41) is 11.2. The van der Waals surface area contributed by atoms with Crippen LogP contribution in [0, 0.1) is 23.0 Å². The normalized spacial score (nSPS) is 11.9. The minimum Gasteiger partial charge on any atom is -0.367 e. The molecule has 1 atom stereocenters. The number of halogens is 2. The number of rotatable bonds is 3. The Hall–Kier alpha value is -1.63. The Morgan fingerprint density at radius 1 is 1.50 bits per heavy atom. The zero-order valence-electron chi connectivity index (χ0n) is 7.72. The monoisotopic (exact) mass is 196 g/mol. The summed E-state index contributed by atoms with van der Waals surface area (Å²) in [6, 6.07) is 4.55. The molecule has 4 heteroatoms. The number of hydrogen-bond donors (Lipinski definition) is 1. The number of anilines is 1. The van der Waals surface area contributed by atoms with Crippen molar-refractivity contribution >= 4 is 5.69 Å². The summed E-state index contributed by atoms with van der Waals surface area (Å²) in [6.45, 7) is 1.79. The van der Waals surface area contributed by atoms with Crippen LogP contribution >= 0.6 is 0 Å². The van der Waals surface area contributed by atoms with Crippen molar-refractivity contribution in [3.8, 4) is 6.07 Å². The van der Waals surface area contributed by atoms with Gasteiger partial charge in [0.05, 0.1) is 11.8 Å². The van der Waals surface area contributed by atoms with Gasteiger partial charge in [0.2, 0.25) is 0 Å². The summed E-state index contributed by atoms with van der Waals surface area (Å²) in [6.07, 6.45) is 0.534. The third kappa shape index (κ3) is 2.43. The second kappa shape index (κ2) is 4.56. The molecule has 0 aliphatic carbocycles. The van der Waals surface area contributed by atoms with Gasteiger partial charge >= 0.3 is 0 Å². The molecule has 1 unspecified atom stereocenters. The number of nitrogens with zero attached hydrogens (tertiary/aromatic N) is 1. The summed E-state index contributed by atoms with van der Waals surface area (Å²) in [5.41, 5.74) is 0.0263. The van der Waals surface area contributed by atoms with E-state index in [9.17, 15) is 8.78 Å². The van der Waals surface area contributed by atoms with Crippen LogP contribution in [0.1, 0.15) is 13.3 Å². The predicted molar refractivity (Wildman–Crippen MR) is 49.7 cm³/mol. The van der Waals surface area contributed by atoms with Gasteiger partial charge in [0, 0.05) is 0 Å². The van der Waals surface area contributed by atoms with Gasteiger partial charge in [0.1, 0.15) is 17.7 Å². The number of nitriles is 1. The van der Waals surface area contributed by atoms with E-state index in [1.807, 2.05) is 6.07 Å². The van der Waals surface area contributed by atoms with E-state index in [0.717, 1.165) is 18.2 Å². The summed E-state index contributed by atoms with van der Waals surface area (Å²) < 4.78 is 25.8. The standard InChI is InChI=1S/C10H10F2N2/c1-2-8(6-13)14-10-5-7(11)3-4-9(10)12/h3-5,8,14H,2H2,1H3. The van der Waals surface area contributed by atoms with E-state index in [0.29, 0.717) is 6.42 Å². The van der Waals surface area contributed by atoms with E-state index in [1.54, 1.807) is 6.92 Å². The molecule has 0 radical (unpaired) electrons. The van der Waals surface area contributed by atoms with Crippen molar-refractivity contribution in [2.45, 2.75) is 19.4 Å². The fourth-order valence-corrected chi connectivity index (χ4v) is 1.02. The topological polar surface area (TPSA) is 35.8 Å². The molecule has 0 aromatic heterocycles. The lowest BCUT2D eigenvalue weighted by Gasteiger charge is -2.11. The molecule has 0 amide bonds. The summed E-state index contributed by atoms with van der Waals surface area (Å²) in [5.74, 6) is -1.08. The van der Waals surface area contributed by atoms with Crippen LogP contribution in [0.15, 0.2) is 18.2 Å². The van der Waals surface area contributed by atoms with E-state index in [2.05, 4.69) is 5.32 Å². The van der Waals surface area contributed by atoms with Crippen LogP contribution in [0.3, 0.4) is 0 Å². The summed E-state index contributed by atoms with van der Waals surface area (Å²) in [7, 11) is 0. The van der Waals surface area contributed by atoms with Crippen molar-refractivity contribution in [1.29, 1.82) is 5.26 Å². The predicted octanol–water partition coefficient (Wildman–Crippen LogP) is 2.68. The molecule has 1 aromatic rings. The second-order valence-corrected chi connectivity index (χ2v) is 2.86. The average Bonchev–Trinajstić information content (AvgIpc) is 2.19. The highest BCUT2D eigenvalue weighted by atomic mass is 19.1. The van der Waals surface area contributed by atoms with Gasteiger partial charge < -0.3 is 5.32 Å². The minimum absolute atomic E-state index is 0.0263. The van der Waals surface area contributed by atoms with Gasteiger partial charge in [-0.05, 0) is 24.6 Å². The number of nitrogens with one attached hydrogen (secondary N) is 1. The molecule has 0 aliphatic rings. The average molecular weight is 196 g/mol. The van der Waals surface area contributed by atoms with Gasteiger partial charge in [-0.2, -0.15) is 5.26 Å². The highest BCUT2D eigenvalue weighted by Crippen LogP contribution is 2.16. The molecule has 1 aromatic carbocycles. The maximum Gasteiger partial charge on any atom is 0.146 e. The lowest BCUT2D eigenvalue weighted by molar-refractivity contribution is 0.601. The highest BCUT2D eigenvalue weighted by molar-refractivity contribution is 5.46. The molecule has 14 heavy (non-hydrogen) atoms. The SMILES string of the molecule is CCC(C#N)Nc1cc(F)ccc1F. The molecule has 0 aliphatic heterocycles. The van der Waals surface area contributed by atoms with Crippen molar-refractivity contribution in [3.63, 3.8) is 0 Å². The maximum atomic E-state index is 13.1. The van der Waals surface area contributed by atoms with Gasteiger partial charge in [-0.1, -0.05) is 6.92 Å². The first-order valence-electron chi connectivity index (χ1n) is 4.28. The van der Waals surface area contributed by atoms with Gasteiger partial charge in [0.25, 0.3) is 0 Å². The Morgan fingerprint density at radius 3 is 2.79 bits per heavy atom. The third-order valence-electron chi connectivity index (χ3n) is 1.82. The fourth-order valence-electron chi connectivity index (χ4n) is 1.02. The Labute approximate surface area is 81.2 Å². The van der Waals surface area contributed by atoms with E-state index in [1.165, 1.54) is 0 Å². The van der Waals surface area contributed by atoms with Crippen LogP contribution in [0.25, 0.3) is 0 Å². The zero-order chi connectivity index (χ0) is 10.6. The molecule has 1 rings (SSSR count). The smallest absolute Gasteiger partial charge is 0.146 e. The molecule has 1 N–H and O–H groups in total. The molecule has 0 spiro atoms. The van der Waals surface area contributed by atoms with Crippen LogP contribution in [0.5, 0.6) is 0 Å². The largest absolute Gasteiger partial charge is 0.367 e. The summed E-state index contributed by atoms with van der Waals surface area (Å²) >= 11 is 0. The lowest BCUT2D eigenvalue weighted by Crippen LogP contribution is -2.16. The Morgan fingerprint density at radius 2 is 2.21 bits per heavy atom. The summed E-state index contributed by atoms with van der Waals surface area (Å²) in [4.78, 5) is 0. The van der Waals surface area contributed by atoms with Crippen LogP contribution in [0.2, 0.25) is 0 Å². The Bertz CT molecular complexity index is 358. The van der Waals surface area contributed by atoms with Gasteiger partial charge in [-0.25, -0.2) is 8.78 Å². The van der Waals surface area contributed by atoms with Crippen LogP contribution < -0.4 is 5.32 Å². The first kappa shape index (κ1) is 10.5. The van der Waals surface area contributed by atoms with Crippen molar-refractivity contribution in [2.24, 2.45) is 0 Å². The Kier molecular flexibility index (Phi) is 3.41. The first-order chi connectivity index (χ1) is 6.67. The van der Waals surface area contributed by atoms with E-state index in [4.69, 9.17) is 5.26 Å². The maximum absolute atomic E-state index is 13.1. The highest BCUT2D eigenvalue weighted by Gasteiger charge is 2.08. The van der Waals surface area contributed by atoms with Gasteiger partial charge in [-0.3, -0.25) is 0 Å². The van der Waals surface area contributed by atoms with Crippen molar-refractivity contribution in [3.05, 3.63) is 29.8 Å². The zero-order valence-corrected chi connectivity index (χ0v) is 7.72. The molecule has 0 saturated heterocycles. The molecule has 0 heterocycles. The minimum atomic E-state index is -0.555. The van der Waals surface area contributed by atoms with Crippen molar-refractivity contribution in [2.75, 3.05) is 5.32 Å². The molecular weight excluding hydrogens is 186 g/mol. The van der Waals surface area contributed by atoms with E-state index < -0.39 is 17.7 Å². The van der Waals surface area contributed by atoms with Gasteiger partial charge in [-0.15, -0.1) is 0 Å². The van der Waals surface area contributed by atoms with Crippen LogP contribution in [0.4, 0.5) is 14.5 Å². The number of hydrogen-bond acceptors (Lipinski definition) is 2. The molecule has 0 bridgehead atoms. The lowest BCUT2D eigenvalue weighted by atomic mass is 10.2. The van der Waals surface area contributed by atoms with Crippen LogP contribution in [-0.2, 0) is 0 Å². The Balaban J connectivity index is 2.86. The molecule has 2 nitrogen and oxygen atoms in total. The fraction of sp³-hybridized carbons (Fsp3) is 0.300. The van der Waals surface area contributed by atoms with Gasteiger partial charge in [0.15, 0.2) is 0 Å². The van der Waals surface area contributed by atoms with Crippen molar-refractivity contribution < 1.29 is 8.78 Å². The molecule has 74 valence electrons. The quantitative estimate of drug-likeness (QED) is 0.806. The van der Waals surface area contributed by atoms with Crippen LogP contribution in [-0.4, -0.2) is 6.04 Å². The number of benzene rings is 1. The first-order valence-corrected chi connectivity index (χ1v) is 4.28.